The molecule has 1 aliphatic rings. The van der Waals surface area contributed by atoms with E-state index in [1.807, 2.05) is 0 Å². The Kier molecular flexibility index (Phi) is 19.2. The standard InChI is InChI=1S/C28H44N2O2/c1-2-3-4-5-6-7-8-9-10-11-12-13-14-15-16-17-18-19-20-21-28(31)29-22-23-30-24-26-32-27-25-30/h3-4,6-7,9-10,12-13,15-16,18-19H,2,5,8,11,14,17,20-27H2,1H3,(H,29,31). The fourth-order valence-electron chi connectivity index (χ4n) is 3.12. The summed E-state index contributed by atoms with van der Waals surface area (Å²) < 4.78 is 5.32. The minimum absolute atomic E-state index is 0.137. The Morgan fingerprint density at radius 2 is 1.22 bits per heavy atom. The van der Waals surface area contributed by atoms with Gasteiger partial charge in [0.15, 0.2) is 0 Å². The number of nitrogens with one attached hydrogen (secondary N) is 1. The molecule has 0 aliphatic carbocycles. The van der Waals surface area contributed by atoms with Crippen LogP contribution in [0.15, 0.2) is 72.9 Å². The van der Waals surface area contributed by atoms with Crippen LogP contribution >= 0.6 is 0 Å². The Morgan fingerprint density at radius 1 is 0.750 bits per heavy atom. The van der Waals surface area contributed by atoms with Crippen LogP contribution in [-0.2, 0) is 9.53 Å². The molecule has 0 aromatic rings. The predicted molar refractivity (Wildman–Crippen MR) is 138 cm³/mol. The van der Waals surface area contributed by atoms with Gasteiger partial charge >= 0.3 is 0 Å². The van der Waals surface area contributed by atoms with Gasteiger partial charge in [-0.2, -0.15) is 0 Å². The second-order valence-corrected chi connectivity index (χ2v) is 7.76. The molecule has 32 heavy (non-hydrogen) atoms. The lowest BCUT2D eigenvalue weighted by Gasteiger charge is -2.26. The van der Waals surface area contributed by atoms with Crippen molar-refractivity contribution in [3.8, 4) is 0 Å². The third-order valence-corrected chi connectivity index (χ3v) is 4.99. The van der Waals surface area contributed by atoms with Crippen LogP contribution in [0.1, 0.15) is 58.3 Å². The van der Waals surface area contributed by atoms with Crippen LogP contribution in [0.4, 0.5) is 0 Å². The predicted octanol–water partition coefficient (Wildman–Crippen LogP) is 5.91. The van der Waals surface area contributed by atoms with Gasteiger partial charge in [0.1, 0.15) is 0 Å². The smallest absolute Gasteiger partial charge is 0.220 e. The van der Waals surface area contributed by atoms with Gasteiger partial charge in [0.2, 0.25) is 5.91 Å². The van der Waals surface area contributed by atoms with E-state index >= 15 is 0 Å². The Labute approximate surface area is 196 Å². The summed E-state index contributed by atoms with van der Waals surface area (Å²) in [6, 6.07) is 0. The summed E-state index contributed by atoms with van der Waals surface area (Å²) in [5.41, 5.74) is 0. The molecule has 0 saturated carbocycles. The minimum Gasteiger partial charge on any atom is -0.379 e. The topological polar surface area (TPSA) is 41.6 Å². The van der Waals surface area contributed by atoms with Gasteiger partial charge in [0.05, 0.1) is 13.2 Å². The average molecular weight is 441 g/mol. The second kappa shape index (κ2) is 22.0. The lowest BCUT2D eigenvalue weighted by Crippen LogP contribution is -2.41. The zero-order chi connectivity index (χ0) is 23.0. The van der Waals surface area contributed by atoms with E-state index in [9.17, 15) is 4.79 Å². The normalized spacial score (nSPS) is 16.2. The Balaban J connectivity index is 1.92. The van der Waals surface area contributed by atoms with E-state index in [1.54, 1.807) is 0 Å². The van der Waals surface area contributed by atoms with Gasteiger partial charge in [-0.15, -0.1) is 0 Å². The van der Waals surface area contributed by atoms with Gasteiger partial charge in [0.25, 0.3) is 0 Å². The van der Waals surface area contributed by atoms with Gasteiger partial charge in [-0.3, -0.25) is 9.69 Å². The summed E-state index contributed by atoms with van der Waals surface area (Å²) in [5.74, 6) is 0.137. The first-order valence-corrected chi connectivity index (χ1v) is 12.3. The van der Waals surface area contributed by atoms with E-state index in [4.69, 9.17) is 4.74 Å². The van der Waals surface area contributed by atoms with Crippen molar-refractivity contribution in [2.24, 2.45) is 0 Å². The highest BCUT2D eigenvalue weighted by atomic mass is 16.5. The van der Waals surface area contributed by atoms with Gasteiger partial charge in [-0.25, -0.2) is 0 Å². The molecule has 0 aromatic carbocycles. The van der Waals surface area contributed by atoms with E-state index in [-0.39, 0.29) is 5.91 Å². The highest BCUT2D eigenvalue weighted by molar-refractivity contribution is 5.75. The van der Waals surface area contributed by atoms with Crippen molar-refractivity contribution in [2.75, 3.05) is 39.4 Å². The summed E-state index contributed by atoms with van der Waals surface area (Å²) in [5, 5.41) is 3.00. The number of allylic oxidation sites excluding steroid dienone is 12. The maximum Gasteiger partial charge on any atom is 0.220 e. The van der Waals surface area contributed by atoms with Crippen molar-refractivity contribution in [1.29, 1.82) is 0 Å². The largest absolute Gasteiger partial charge is 0.379 e. The number of rotatable bonds is 17. The van der Waals surface area contributed by atoms with Crippen LogP contribution in [0.5, 0.6) is 0 Å². The first-order chi connectivity index (χ1) is 15.8. The molecule has 4 nitrogen and oxygen atoms in total. The summed E-state index contributed by atoms with van der Waals surface area (Å²) in [7, 11) is 0. The van der Waals surface area contributed by atoms with Crippen molar-refractivity contribution in [2.45, 2.75) is 58.3 Å². The first kappa shape index (κ1) is 27.9. The van der Waals surface area contributed by atoms with Gasteiger partial charge in [-0.05, 0) is 44.9 Å². The third-order valence-electron chi connectivity index (χ3n) is 4.99. The molecule has 178 valence electrons. The monoisotopic (exact) mass is 440 g/mol. The van der Waals surface area contributed by atoms with Gasteiger partial charge in [0, 0.05) is 32.6 Å². The van der Waals surface area contributed by atoms with Crippen LogP contribution in [-0.4, -0.2) is 50.2 Å². The fourth-order valence-corrected chi connectivity index (χ4v) is 3.12. The maximum absolute atomic E-state index is 11.8. The molecule has 1 saturated heterocycles. The molecule has 0 radical (unpaired) electrons. The lowest BCUT2D eigenvalue weighted by molar-refractivity contribution is -0.121. The molecule has 0 atom stereocenters. The van der Waals surface area contributed by atoms with E-state index in [1.165, 1.54) is 0 Å². The van der Waals surface area contributed by atoms with Crippen molar-refractivity contribution in [3.05, 3.63) is 72.9 Å². The van der Waals surface area contributed by atoms with Gasteiger partial charge < -0.3 is 10.1 Å². The quantitative estimate of drug-likeness (QED) is 0.286. The lowest BCUT2D eigenvalue weighted by atomic mass is 10.2. The SMILES string of the molecule is CCC=CCC=CCC=CCC=CCC=CCC=CCCC(=O)NCCN1CCOCC1. The van der Waals surface area contributed by atoms with E-state index in [0.29, 0.717) is 6.42 Å². The molecular weight excluding hydrogens is 396 g/mol. The number of amides is 1. The number of ether oxygens (including phenoxy) is 1. The molecule has 1 heterocycles. The van der Waals surface area contributed by atoms with E-state index < -0.39 is 0 Å². The third kappa shape index (κ3) is 18.6. The highest BCUT2D eigenvalue weighted by Crippen LogP contribution is 1.98. The van der Waals surface area contributed by atoms with Crippen LogP contribution in [0.25, 0.3) is 0 Å². The summed E-state index contributed by atoms with van der Waals surface area (Å²) in [4.78, 5) is 14.2. The molecule has 1 aliphatic heterocycles. The summed E-state index contributed by atoms with van der Waals surface area (Å²) >= 11 is 0. The number of nitrogens with zero attached hydrogens (tertiary/aromatic N) is 1. The van der Waals surface area contributed by atoms with Crippen molar-refractivity contribution < 1.29 is 9.53 Å². The number of morpholine rings is 1. The Hall–Kier alpha value is -2.17. The molecule has 0 aromatic heterocycles. The highest BCUT2D eigenvalue weighted by Gasteiger charge is 2.09. The van der Waals surface area contributed by atoms with Crippen LogP contribution in [0, 0.1) is 0 Å². The zero-order valence-corrected chi connectivity index (χ0v) is 20.1. The maximum atomic E-state index is 11.8. The molecule has 4 heteroatoms. The number of hydrogen-bond acceptors (Lipinski definition) is 3. The second-order valence-electron chi connectivity index (χ2n) is 7.76. The average Bonchev–Trinajstić information content (AvgIpc) is 2.81. The fraction of sp³-hybridized carbons (Fsp3) is 0.536. The first-order valence-electron chi connectivity index (χ1n) is 12.3. The molecule has 0 spiro atoms. The molecule has 0 unspecified atom stereocenters. The van der Waals surface area contributed by atoms with Crippen molar-refractivity contribution in [1.82, 2.24) is 10.2 Å². The Bertz CT molecular complexity index is 623. The van der Waals surface area contributed by atoms with E-state index in [0.717, 1.165) is 84.3 Å². The Morgan fingerprint density at radius 3 is 1.72 bits per heavy atom. The van der Waals surface area contributed by atoms with Gasteiger partial charge in [-0.1, -0.05) is 79.8 Å². The van der Waals surface area contributed by atoms with Crippen molar-refractivity contribution in [3.63, 3.8) is 0 Å². The van der Waals surface area contributed by atoms with Crippen LogP contribution < -0.4 is 5.32 Å². The van der Waals surface area contributed by atoms with Crippen molar-refractivity contribution >= 4 is 5.91 Å². The molecule has 1 fully saturated rings. The minimum atomic E-state index is 0.137. The van der Waals surface area contributed by atoms with Crippen LogP contribution in [0.2, 0.25) is 0 Å². The molecular formula is C28H44N2O2. The molecule has 1 N–H and O–H groups in total. The number of carbonyl (C=O) groups excluding carboxylic acids is 1. The summed E-state index contributed by atoms with van der Waals surface area (Å²) in [6.07, 6.45) is 33.7. The molecule has 0 bridgehead atoms. The summed E-state index contributed by atoms with van der Waals surface area (Å²) in [6.45, 7) is 7.33. The molecule has 1 amide bonds. The van der Waals surface area contributed by atoms with E-state index in [2.05, 4.69) is 90.1 Å². The molecule has 1 rings (SSSR count). The zero-order valence-electron chi connectivity index (χ0n) is 20.1. The number of carbonyl (C=O) groups is 1. The van der Waals surface area contributed by atoms with Crippen LogP contribution in [0.3, 0.4) is 0 Å². The number of hydrogen-bond donors (Lipinski definition) is 1.